The Morgan fingerprint density at radius 3 is 2.81 bits per heavy atom. The van der Waals surface area contributed by atoms with Gasteiger partial charge in [0.25, 0.3) is 5.56 Å². The zero-order valence-electron chi connectivity index (χ0n) is 18.3. The van der Waals surface area contributed by atoms with Crippen LogP contribution in [0, 0.1) is 11.3 Å². The number of rotatable bonds is 5. The Kier molecular flexibility index (Phi) is 5.19. The summed E-state index contributed by atoms with van der Waals surface area (Å²) in [7, 11) is 2.16. The lowest BCUT2D eigenvalue weighted by molar-refractivity contribution is 0.249. The first-order valence-corrected chi connectivity index (χ1v) is 11.1. The molecule has 4 heterocycles. The molecule has 5 rings (SSSR count). The van der Waals surface area contributed by atoms with Crippen molar-refractivity contribution in [3.63, 3.8) is 0 Å². The van der Waals surface area contributed by atoms with Gasteiger partial charge in [-0.1, -0.05) is 13.0 Å². The highest BCUT2D eigenvalue weighted by Gasteiger charge is 2.25. The first kappa shape index (κ1) is 20.3. The number of aromatic nitrogens is 4. The van der Waals surface area contributed by atoms with E-state index in [1.54, 1.807) is 12.4 Å². The molecule has 0 amide bonds. The van der Waals surface area contributed by atoms with Gasteiger partial charge in [0.05, 0.1) is 23.2 Å². The topological polar surface area (TPSA) is 114 Å². The summed E-state index contributed by atoms with van der Waals surface area (Å²) >= 11 is 0. The van der Waals surface area contributed by atoms with Crippen LogP contribution in [-0.2, 0) is 0 Å². The fourth-order valence-corrected chi connectivity index (χ4v) is 4.61. The van der Waals surface area contributed by atoms with Crippen LogP contribution in [0.1, 0.15) is 43.2 Å². The number of pyridine rings is 1. The second kappa shape index (κ2) is 8.17. The lowest BCUT2D eigenvalue weighted by atomic mass is 9.88. The zero-order valence-corrected chi connectivity index (χ0v) is 18.3. The minimum absolute atomic E-state index is 0.269. The normalized spacial score (nSPS) is 15.4. The number of hydrogen-bond donors (Lipinski definition) is 3. The fourth-order valence-electron chi connectivity index (χ4n) is 4.61. The number of nitrogens with one attached hydrogen (secondary N) is 3. The summed E-state index contributed by atoms with van der Waals surface area (Å²) in [4.78, 5) is 29.1. The van der Waals surface area contributed by atoms with Gasteiger partial charge in [-0.3, -0.25) is 4.79 Å². The molecule has 4 aromatic rings. The van der Waals surface area contributed by atoms with Crippen molar-refractivity contribution in [1.82, 2.24) is 24.8 Å². The van der Waals surface area contributed by atoms with Gasteiger partial charge in [0.1, 0.15) is 23.0 Å². The summed E-state index contributed by atoms with van der Waals surface area (Å²) in [6.45, 7) is 4.82. The molecule has 3 aromatic heterocycles. The van der Waals surface area contributed by atoms with Crippen LogP contribution in [0.25, 0.3) is 33.3 Å². The molecule has 1 saturated heterocycles. The van der Waals surface area contributed by atoms with Crippen LogP contribution in [0.3, 0.4) is 0 Å². The standard InChI is InChI=1S/C24H26N6O2/c1-3-10-32-22-16(14-6-8-30(2)9-7-14)4-5-18-21(22)29-23(28-18)19-20-17(13-27-24(19)31)15(11-25)12-26-20/h4-5,12-14,26H,3,6-10H2,1-2H3,(H,27,31)(H,28,29). The van der Waals surface area contributed by atoms with Crippen molar-refractivity contribution in [2.75, 3.05) is 26.7 Å². The summed E-state index contributed by atoms with van der Waals surface area (Å²) < 4.78 is 6.24. The van der Waals surface area contributed by atoms with Crippen molar-refractivity contribution in [3.05, 3.63) is 46.0 Å². The number of nitrogens with zero attached hydrogens (tertiary/aromatic N) is 3. The maximum atomic E-state index is 12.8. The van der Waals surface area contributed by atoms with Crippen molar-refractivity contribution >= 4 is 21.9 Å². The van der Waals surface area contributed by atoms with Gasteiger partial charge in [-0.25, -0.2) is 4.98 Å². The quantitative estimate of drug-likeness (QED) is 0.445. The van der Waals surface area contributed by atoms with Crippen LogP contribution in [0.2, 0.25) is 0 Å². The van der Waals surface area contributed by atoms with E-state index in [0.29, 0.717) is 40.4 Å². The summed E-state index contributed by atoms with van der Waals surface area (Å²) in [6.07, 6.45) is 6.24. The van der Waals surface area contributed by atoms with Gasteiger partial charge in [-0.15, -0.1) is 0 Å². The fraction of sp³-hybridized carbons (Fsp3) is 0.375. The molecule has 8 heteroatoms. The molecule has 0 saturated carbocycles. The number of H-pyrrole nitrogens is 3. The highest BCUT2D eigenvalue weighted by atomic mass is 16.5. The van der Waals surface area contributed by atoms with Gasteiger partial charge in [-0.05, 0) is 56.9 Å². The van der Waals surface area contributed by atoms with Crippen LogP contribution in [0.5, 0.6) is 5.75 Å². The molecule has 164 valence electrons. The lowest BCUT2D eigenvalue weighted by Gasteiger charge is -2.30. The largest absolute Gasteiger partial charge is 0.491 e. The molecule has 1 fully saturated rings. The molecular formula is C24H26N6O2. The monoisotopic (exact) mass is 430 g/mol. The number of aromatic amines is 3. The number of ether oxygens (including phenoxy) is 1. The highest BCUT2D eigenvalue weighted by Crippen LogP contribution is 2.39. The number of piperidine rings is 1. The van der Waals surface area contributed by atoms with Gasteiger partial charge in [0, 0.05) is 17.8 Å². The van der Waals surface area contributed by atoms with Gasteiger partial charge in [0.2, 0.25) is 0 Å². The van der Waals surface area contributed by atoms with E-state index in [-0.39, 0.29) is 5.56 Å². The van der Waals surface area contributed by atoms with E-state index in [4.69, 9.17) is 9.72 Å². The molecule has 3 N–H and O–H groups in total. The van der Waals surface area contributed by atoms with E-state index in [9.17, 15) is 10.1 Å². The van der Waals surface area contributed by atoms with Gasteiger partial charge < -0.3 is 24.6 Å². The Hall–Kier alpha value is -3.57. The molecule has 0 radical (unpaired) electrons. The Morgan fingerprint density at radius 1 is 1.25 bits per heavy atom. The molecule has 1 aliphatic rings. The van der Waals surface area contributed by atoms with Gasteiger partial charge in [0.15, 0.2) is 5.75 Å². The Bertz CT molecular complexity index is 1380. The van der Waals surface area contributed by atoms with Gasteiger partial charge >= 0.3 is 0 Å². The summed E-state index contributed by atoms with van der Waals surface area (Å²) in [6, 6.07) is 6.31. The number of fused-ring (bicyclic) bond motifs is 2. The maximum Gasteiger partial charge on any atom is 0.261 e. The van der Waals surface area contributed by atoms with Crippen LogP contribution in [-0.4, -0.2) is 51.6 Å². The van der Waals surface area contributed by atoms with Crippen LogP contribution >= 0.6 is 0 Å². The molecule has 1 aliphatic heterocycles. The highest BCUT2D eigenvalue weighted by molar-refractivity contribution is 5.97. The van der Waals surface area contributed by atoms with Crippen molar-refractivity contribution < 1.29 is 4.74 Å². The Balaban J connectivity index is 1.67. The SMILES string of the molecule is CCCOc1c(C2CCN(C)CC2)ccc2[nH]c(-c3c(=O)[nH]cc4c(C#N)c[nH]c34)nc12. The van der Waals surface area contributed by atoms with E-state index in [1.807, 2.05) is 6.07 Å². The minimum atomic E-state index is -0.269. The van der Waals surface area contributed by atoms with Crippen molar-refractivity contribution in [3.8, 4) is 23.2 Å². The van der Waals surface area contributed by atoms with Crippen LogP contribution in [0.15, 0.2) is 29.3 Å². The average Bonchev–Trinajstić information content (AvgIpc) is 3.42. The summed E-state index contributed by atoms with van der Waals surface area (Å²) in [5, 5.41) is 10.0. The second-order valence-electron chi connectivity index (χ2n) is 8.49. The third-order valence-electron chi connectivity index (χ3n) is 6.35. The molecule has 0 bridgehead atoms. The van der Waals surface area contributed by atoms with E-state index in [2.05, 4.69) is 46.0 Å². The van der Waals surface area contributed by atoms with Crippen LogP contribution < -0.4 is 10.3 Å². The predicted octanol–water partition coefficient (Wildman–Crippen LogP) is 3.87. The zero-order chi connectivity index (χ0) is 22.2. The molecular weight excluding hydrogens is 404 g/mol. The average molecular weight is 431 g/mol. The predicted molar refractivity (Wildman–Crippen MR) is 124 cm³/mol. The third kappa shape index (κ3) is 3.35. The summed E-state index contributed by atoms with van der Waals surface area (Å²) in [5.74, 6) is 1.70. The number of benzene rings is 1. The Labute approximate surface area is 185 Å². The van der Waals surface area contributed by atoms with Crippen molar-refractivity contribution in [2.45, 2.75) is 32.1 Å². The Morgan fingerprint density at radius 2 is 2.06 bits per heavy atom. The molecule has 1 aromatic carbocycles. The molecule has 0 aliphatic carbocycles. The van der Waals surface area contributed by atoms with Crippen molar-refractivity contribution in [2.24, 2.45) is 0 Å². The first-order valence-electron chi connectivity index (χ1n) is 11.1. The number of likely N-dealkylation sites (tertiary alicyclic amines) is 1. The second-order valence-corrected chi connectivity index (χ2v) is 8.49. The molecule has 32 heavy (non-hydrogen) atoms. The first-order chi connectivity index (χ1) is 15.6. The lowest BCUT2D eigenvalue weighted by Crippen LogP contribution is -2.29. The van der Waals surface area contributed by atoms with E-state index in [0.717, 1.165) is 49.1 Å². The van der Waals surface area contributed by atoms with E-state index < -0.39 is 0 Å². The van der Waals surface area contributed by atoms with Crippen molar-refractivity contribution in [1.29, 1.82) is 5.26 Å². The molecule has 0 spiro atoms. The van der Waals surface area contributed by atoms with E-state index in [1.165, 1.54) is 5.56 Å². The molecule has 0 atom stereocenters. The summed E-state index contributed by atoms with van der Waals surface area (Å²) in [5.41, 5.74) is 3.95. The van der Waals surface area contributed by atoms with Gasteiger partial charge in [-0.2, -0.15) is 5.26 Å². The van der Waals surface area contributed by atoms with Crippen LogP contribution in [0.4, 0.5) is 0 Å². The smallest absolute Gasteiger partial charge is 0.261 e. The van der Waals surface area contributed by atoms with E-state index >= 15 is 0 Å². The molecule has 0 unspecified atom stereocenters. The molecule has 8 nitrogen and oxygen atoms in total. The number of hydrogen-bond acceptors (Lipinski definition) is 5. The maximum absolute atomic E-state index is 12.8. The number of imidazole rings is 1. The minimum Gasteiger partial charge on any atom is -0.491 e. The number of nitriles is 1. The third-order valence-corrected chi connectivity index (χ3v) is 6.35.